The molecule has 1 atom stereocenters. The third kappa shape index (κ3) is 6.19. The lowest BCUT2D eigenvalue weighted by molar-refractivity contribution is 0.0866. The van der Waals surface area contributed by atoms with Gasteiger partial charge in [0.2, 0.25) is 0 Å². The van der Waals surface area contributed by atoms with Gasteiger partial charge in [0.1, 0.15) is 11.8 Å². The molecule has 0 amide bonds. The van der Waals surface area contributed by atoms with Crippen LogP contribution in [0, 0.1) is 17.2 Å². The molecule has 0 spiro atoms. The topological polar surface area (TPSA) is 94.7 Å². The number of pyridine rings is 1. The number of aromatic nitrogens is 4. The number of nitrogens with zero attached hydrogens (tertiary/aromatic N) is 6. The molecule has 10 heteroatoms. The number of hydrogen-bond acceptors (Lipinski definition) is 7. The number of hydrogen-bond donors (Lipinski definition) is 2. The van der Waals surface area contributed by atoms with Gasteiger partial charge in [0.15, 0.2) is 0 Å². The minimum Gasteiger partial charge on any atom is -0.383 e. The summed E-state index contributed by atoms with van der Waals surface area (Å²) in [4.78, 5) is 7.04. The zero-order chi connectivity index (χ0) is 29.4. The van der Waals surface area contributed by atoms with Crippen molar-refractivity contribution in [3.05, 3.63) is 75.7 Å². The second-order valence-corrected chi connectivity index (χ2v) is 13.3. The third-order valence-corrected chi connectivity index (χ3v) is 8.98. The Morgan fingerprint density at radius 1 is 1.07 bits per heavy atom. The van der Waals surface area contributed by atoms with Crippen LogP contribution in [-0.2, 0) is 0 Å². The fourth-order valence-corrected chi connectivity index (χ4v) is 6.13. The van der Waals surface area contributed by atoms with Gasteiger partial charge in [0.25, 0.3) is 0 Å². The van der Waals surface area contributed by atoms with Crippen LogP contribution >= 0.6 is 23.2 Å². The second-order valence-electron chi connectivity index (χ2n) is 12.5. The van der Waals surface area contributed by atoms with Crippen LogP contribution in [0.4, 0.5) is 11.4 Å². The molecular weight excluding hydrogens is 567 g/mol. The maximum absolute atomic E-state index is 9.82. The fraction of sp³-hybridized carbons (Fsp3) is 0.438. The maximum atomic E-state index is 9.82. The van der Waals surface area contributed by atoms with E-state index in [9.17, 15) is 5.26 Å². The highest BCUT2D eigenvalue weighted by molar-refractivity contribution is 6.36. The molecule has 2 N–H and O–H groups in total. The van der Waals surface area contributed by atoms with Crippen molar-refractivity contribution in [1.29, 1.82) is 5.26 Å². The van der Waals surface area contributed by atoms with Gasteiger partial charge in [-0.1, -0.05) is 40.5 Å². The van der Waals surface area contributed by atoms with Crippen molar-refractivity contribution in [3.63, 3.8) is 0 Å². The Morgan fingerprint density at radius 2 is 1.81 bits per heavy atom. The van der Waals surface area contributed by atoms with E-state index >= 15 is 0 Å². The summed E-state index contributed by atoms with van der Waals surface area (Å²) < 4.78 is 2.02. The van der Waals surface area contributed by atoms with Gasteiger partial charge in [0, 0.05) is 47.5 Å². The highest BCUT2D eigenvalue weighted by Crippen LogP contribution is 2.37. The molecule has 4 aromatic rings. The van der Waals surface area contributed by atoms with Crippen LogP contribution < -0.4 is 10.6 Å². The first kappa shape index (κ1) is 28.7. The van der Waals surface area contributed by atoms with Crippen molar-refractivity contribution in [2.75, 3.05) is 30.3 Å². The van der Waals surface area contributed by atoms with Crippen molar-refractivity contribution >= 4 is 45.5 Å². The molecule has 8 nitrogen and oxygen atoms in total. The van der Waals surface area contributed by atoms with Gasteiger partial charge in [-0.15, -0.1) is 5.10 Å². The molecule has 2 aliphatic rings. The van der Waals surface area contributed by atoms with Crippen molar-refractivity contribution in [1.82, 2.24) is 24.9 Å². The van der Waals surface area contributed by atoms with Gasteiger partial charge in [0.05, 0.1) is 40.1 Å². The van der Waals surface area contributed by atoms with Crippen LogP contribution in [0.5, 0.6) is 0 Å². The summed E-state index contributed by atoms with van der Waals surface area (Å²) >= 11 is 13.0. The summed E-state index contributed by atoms with van der Waals surface area (Å²) in [5.74, 6) is 0.647. The molecule has 6 rings (SSSR count). The summed E-state index contributed by atoms with van der Waals surface area (Å²) in [5, 5.41) is 28.2. The molecule has 0 radical (unpaired) electrons. The number of anilines is 2. The first-order chi connectivity index (χ1) is 20.2. The summed E-state index contributed by atoms with van der Waals surface area (Å²) in [6.45, 7) is 9.71. The van der Waals surface area contributed by atoms with E-state index in [1.54, 1.807) is 6.20 Å². The van der Waals surface area contributed by atoms with Crippen molar-refractivity contribution < 1.29 is 0 Å². The molecular formula is C32H36Cl2N8. The molecule has 1 aliphatic carbocycles. The highest BCUT2D eigenvalue weighted by Gasteiger charge is 2.29. The predicted molar refractivity (Wildman–Crippen MR) is 169 cm³/mol. The second kappa shape index (κ2) is 11.7. The zero-order valence-electron chi connectivity index (χ0n) is 24.2. The Balaban J connectivity index is 1.32. The van der Waals surface area contributed by atoms with E-state index in [4.69, 9.17) is 23.2 Å². The van der Waals surface area contributed by atoms with Crippen LogP contribution in [-0.4, -0.2) is 50.1 Å². The molecule has 1 aliphatic heterocycles. The summed E-state index contributed by atoms with van der Waals surface area (Å²) in [5.41, 5.74) is 4.72. The van der Waals surface area contributed by atoms with E-state index in [-0.39, 0.29) is 11.6 Å². The molecule has 2 fully saturated rings. The first-order valence-electron chi connectivity index (χ1n) is 14.6. The lowest BCUT2D eigenvalue weighted by Crippen LogP contribution is -2.46. The number of nitriles is 1. The molecule has 1 saturated carbocycles. The SMILES string of the molecule is CC(C)(C)N1CCC(n2cc([C@@H](Nc3cc(Cl)c4ncc(C#N)c(NCC5CC5)c4c3)c3ccc(Cl)cc3)nn2)CC1. The monoisotopic (exact) mass is 602 g/mol. The number of halogens is 2. The molecule has 2 aromatic heterocycles. The number of nitrogens with one attached hydrogen (secondary N) is 2. The van der Waals surface area contributed by atoms with Crippen LogP contribution in [0.3, 0.4) is 0 Å². The summed E-state index contributed by atoms with van der Waals surface area (Å²) in [6, 6.07) is 14.0. The number of rotatable bonds is 8. The lowest BCUT2D eigenvalue weighted by Gasteiger charge is -2.40. The smallest absolute Gasteiger partial charge is 0.109 e. The van der Waals surface area contributed by atoms with Gasteiger partial charge >= 0.3 is 0 Å². The molecule has 2 aromatic carbocycles. The highest BCUT2D eigenvalue weighted by atomic mass is 35.5. The summed E-state index contributed by atoms with van der Waals surface area (Å²) in [7, 11) is 0. The Hall–Kier alpha value is -3.38. The van der Waals surface area contributed by atoms with Gasteiger partial charge in [-0.3, -0.25) is 9.88 Å². The van der Waals surface area contributed by atoms with Crippen molar-refractivity contribution in [3.8, 4) is 6.07 Å². The van der Waals surface area contributed by atoms with E-state index in [1.807, 2.05) is 41.1 Å². The van der Waals surface area contributed by atoms with Crippen LogP contribution in [0.1, 0.15) is 75.4 Å². The van der Waals surface area contributed by atoms with Gasteiger partial charge in [-0.05, 0) is 82.2 Å². The Kier molecular flexibility index (Phi) is 8.01. The van der Waals surface area contributed by atoms with E-state index < -0.39 is 0 Å². The van der Waals surface area contributed by atoms with Crippen LogP contribution in [0.25, 0.3) is 10.9 Å². The molecule has 3 heterocycles. The van der Waals surface area contributed by atoms with E-state index in [0.29, 0.717) is 33.1 Å². The quantitative estimate of drug-likeness (QED) is 0.216. The Morgan fingerprint density at radius 3 is 2.48 bits per heavy atom. The maximum Gasteiger partial charge on any atom is 0.109 e. The van der Waals surface area contributed by atoms with E-state index in [2.05, 4.69) is 63.9 Å². The average molecular weight is 604 g/mol. The molecule has 0 bridgehead atoms. The van der Waals surface area contributed by atoms with Crippen LogP contribution in [0.15, 0.2) is 48.8 Å². The number of fused-ring (bicyclic) bond motifs is 1. The van der Waals surface area contributed by atoms with Crippen molar-refractivity contribution in [2.45, 2.75) is 64.1 Å². The van der Waals surface area contributed by atoms with Crippen molar-refractivity contribution in [2.24, 2.45) is 5.92 Å². The third-order valence-electron chi connectivity index (χ3n) is 8.44. The minimum atomic E-state index is -0.297. The largest absolute Gasteiger partial charge is 0.383 e. The van der Waals surface area contributed by atoms with Gasteiger partial charge in [-0.25, -0.2) is 4.68 Å². The van der Waals surface area contributed by atoms with Gasteiger partial charge in [-0.2, -0.15) is 5.26 Å². The van der Waals surface area contributed by atoms with E-state index in [1.165, 1.54) is 12.8 Å². The molecule has 1 saturated heterocycles. The van der Waals surface area contributed by atoms with Gasteiger partial charge < -0.3 is 10.6 Å². The Labute approximate surface area is 257 Å². The zero-order valence-corrected chi connectivity index (χ0v) is 25.8. The van der Waals surface area contributed by atoms with E-state index in [0.717, 1.165) is 60.5 Å². The first-order valence-corrected chi connectivity index (χ1v) is 15.4. The minimum absolute atomic E-state index is 0.167. The van der Waals surface area contributed by atoms with Crippen LogP contribution in [0.2, 0.25) is 10.0 Å². The molecule has 218 valence electrons. The predicted octanol–water partition coefficient (Wildman–Crippen LogP) is 7.46. The molecule has 0 unspecified atom stereocenters. The summed E-state index contributed by atoms with van der Waals surface area (Å²) in [6.07, 6.45) is 8.14. The molecule has 42 heavy (non-hydrogen) atoms. The standard InChI is InChI=1S/C32H36Cl2N8/c1-32(2,3)41-12-10-25(11-13-41)42-19-28(39-40-42)30(21-6-8-23(33)9-7-21)38-24-14-26-29(36-17-20-4-5-20)22(16-35)18-37-31(26)27(34)15-24/h6-9,14-15,18-20,25,30,38H,4-5,10-13,17H2,1-3H3,(H,36,37)/t30-/m0/s1. The lowest BCUT2D eigenvalue weighted by atomic mass is 9.98. The number of piperidine rings is 1. The average Bonchev–Trinajstić information content (AvgIpc) is 3.68. The fourth-order valence-electron chi connectivity index (χ4n) is 5.74. The Bertz CT molecular complexity index is 1610. The normalized spacial score (nSPS) is 17.2. The number of benzene rings is 2. The number of likely N-dealkylation sites (tertiary alicyclic amines) is 1.